The quantitative estimate of drug-likeness (QED) is 0.240. The monoisotopic (exact) mass is 579 g/mol. The van der Waals surface area contributed by atoms with Crippen molar-refractivity contribution < 1.29 is 22.8 Å². The van der Waals surface area contributed by atoms with E-state index in [0.29, 0.717) is 53.9 Å². The number of nitrogens with one attached hydrogen (secondary N) is 1. The fraction of sp³-hybridized carbons (Fsp3) is 0.367. The number of sulfonamides is 1. The maximum Gasteiger partial charge on any atom is 0.263 e. The SMILES string of the molecule is CCOCc1cc(CN(C)c2nc(C)nc(C)c2C(C)O)ccc1-c1ccccc1S(=O)(=O)Nc1noc(C)c1C. The van der Waals surface area contributed by atoms with E-state index in [1.807, 2.05) is 57.0 Å². The summed E-state index contributed by atoms with van der Waals surface area (Å²) < 4.78 is 40.6. The van der Waals surface area contributed by atoms with Gasteiger partial charge in [-0.1, -0.05) is 41.6 Å². The Morgan fingerprint density at radius 1 is 1.07 bits per heavy atom. The predicted molar refractivity (Wildman–Crippen MR) is 158 cm³/mol. The molecule has 1 atom stereocenters. The second-order valence-corrected chi connectivity index (χ2v) is 11.7. The maximum atomic E-state index is 13.5. The topological polar surface area (TPSA) is 131 Å². The molecule has 4 aromatic rings. The molecule has 0 aliphatic rings. The molecular weight excluding hydrogens is 542 g/mol. The first-order valence-corrected chi connectivity index (χ1v) is 14.9. The number of nitrogens with zero attached hydrogens (tertiary/aromatic N) is 4. The molecule has 41 heavy (non-hydrogen) atoms. The van der Waals surface area contributed by atoms with Crippen LogP contribution in [-0.2, 0) is 27.9 Å². The molecule has 2 N–H and O–H groups in total. The molecule has 0 spiro atoms. The van der Waals surface area contributed by atoms with Crippen LogP contribution < -0.4 is 9.62 Å². The molecule has 2 aromatic heterocycles. The number of ether oxygens (including phenoxy) is 1. The summed E-state index contributed by atoms with van der Waals surface area (Å²) in [6.45, 7) is 12.1. The molecule has 0 bridgehead atoms. The molecule has 2 heterocycles. The fourth-order valence-corrected chi connectivity index (χ4v) is 6.07. The third kappa shape index (κ3) is 6.58. The van der Waals surface area contributed by atoms with Crippen LogP contribution in [0.5, 0.6) is 0 Å². The zero-order valence-electron chi connectivity index (χ0n) is 24.5. The zero-order chi connectivity index (χ0) is 29.9. The molecule has 0 radical (unpaired) electrons. The summed E-state index contributed by atoms with van der Waals surface area (Å²) in [5, 5.41) is 14.3. The van der Waals surface area contributed by atoms with Crippen LogP contribution in [0, 0.1) is 27.7 Å². The number of aryl methyl sites for hydroxylation is 3. The minimum atomic E-state index is -3.98. The van der Waals surface area contributed by atoms with Gasteiger partial charge in [0, 0.05) is 42.6 Å². The number of aliphatic hydroxyl groups is 1. The first-order chi connectivity index (χ1) is 19.4. The van der Waals surface area contributed by atoms with Crippen molar-refractivity contribution in [2.75, 3.05) is 23.3 Å². The average Bonchev–Trinajstić information content (AvgIpc) is 3.23. The van der Waals surface area contributed by atoms with Gasteiger partial charge in [-0.15, -0.1) is 0 Å². The van der Waals surface area contributed by atoms with Crippen LogP contribution in [0.4, 0.5) is 11.6 Å². The van der Waals surface area contributed by atoms with Crippen LogP contribution in [0.2, 0.25) is 0 Å². The fourth-order valence-electron chi connectivity index (χ4n) is 4.79. The zero-order valence-corrected chi connectivity index (χ0v) is 25.3. The van der Waals surface area contributed by atoms with Gasteiger partial charge in [0.15, 0.2) is 5.82 Å². The molecule has 2 aromatic carbocycles. The number of hydrogen-bond donors (Lipinski definition) is 2. The Morgan fingerprint density at radius 2 is 1.80 bits per heavy atom. The number of aromatic nitrogens is 3. The first kappa shape index (κ1) is 30.2. The van der Waals surface area contributed by atoms with E-state index in [1.54, 1.807) is 39.0 Å². The Kier molecular flexibility index (Phi) is 9.11. The lowest BCUT2D eigenvalue weighted by atomic mass is 9.97. The summed E-state index contributed by atoms with van der Waals surface area (Å²) >= 11 is 0. The van der Waals surface area contributed by atoms with Crippen LogP contribution in [-0.4, -0.2) is 42.3 Å². The normalized spacial score (nSPS) is 12.4. The van der Waals surface area contributed by atoms with Crippen molar-refractivity contribution in [1.29, 1.82) is 0 Å². The Balaban J connectivity index is 1.73. The molecule has 4 rings (SSSR count). The van der Waals surface area contributed by atoms with E-state index in [9.17, 15) is 13.5 Å². The molecule has 0 amide bonds. The van der Waals surface area contributed by atoms with Crippen LogP contribution in [0.25, 0.3) is 11.1 Å². The number of anilines is 2. The second-order valence-electron chi connectivity index (χ2n) is 10.1. The van der Waals surface area contributed by atoms with E-state index in [-0.39, 0.29) is 10.7 Å². The maximum absolute atomic E-state index is 13.5. The van der Waals surface area contributed by atoms with Gasteiger partial charge in [-0.3, -0.25) is 4.72 Å². The Morgan fingerprint density at radius 3 is 2.46 bits per heavy atom. The Labute approximate surface area is 241 Å². The van der Waals surface area contributed by atoms with Gasteiger partial charge in [0.05, 0.1) is 17.6 Å². The highest BCUT2D eigenvalue weighted by atomic mass is 32.2. The summed E-state index contributed by atoms with van der Waals surface area (Å²) in [5.41, 5.74) is 5.17. The van der Waals surface area contributed by atoms with Gasteiger partial charge in [0.1, 0.15) is 17.4 Å². The van der Waals surface area contributed by atoms with Crippen molar-refractivity contribution in [3.05, 3.63) is 82.0 Å². The van der Waals surface area contributed by atoms with Crippen molar-refractivity contribution in [3.63, 3.8) is 0 Å². The predicted octanol–water partition coefficient (Wildman–Crippen LogP) is 5.39. The second kappa shape index (κ2) is 12.4. The van der Waals surface area contributed by atoms with E-state index < -0.39 is 16.1 Å². The van der Waals surface area contributed by atoms with Gasteiger partial charge in [0.25, 0.3) is 10.0 Å². The summed E-state index contributed by atoms with van der Waals surface area (Å²) in [6.07, 6.45) is -0.721. The smallest absolute Gasteiger partial charge is 0.263 e. The number of benzene rings is 2. The van der Waals surface area contributed by atoms with Crippen molar-refractivity contribution in [1.82, 2.24) is 15.1 Å². The lowest BCUT2D eigenvalue weighted by molar-refractivity contribution is 0.134. The minimum Gasteiger partial charge on any atom is -0.388 e. The molecule has 0 saturated carbocycles. The molecule has 0 aliphatic heterocycles. The van der Waals surface area contributed by atoms with Crippen LogP contribution >= 0.6 is 0 Å². The van der Waals surface area contributed by atoms with Crippen LogP contribution in [0.15, 0.2) is 51.9 Å². The Hall–Kier alpha value is -3.80. The van der Waals surface area contributed by atoms with E-state index >= 15 is 0 Å². The van der Waals surface area contributed by atoms with Crippen molar-refractivity contribution in [2.24, 2.45) is 0 Å². The molecule has 11 heteroatoms. The molecule has 1 unspecified atom stereocenters. The molecule has 10 nitrogen and oxygen atoms in total. The summed E-state index contributed by atoms with van der Waals surface area (Å²) in [4.78, 5) is 11.1. The first-order valence-electron chi connectivity index (χ1n) is 13.4. The number of hydrogen-bond acceptors (Lipinski definition) is 9. The molecule has 0 fully saturated rings. The standard InChI is InChI=1S/C30H37N5O5S/c1-8-39-17-24-15-23(16-35(7)30-28(20(4)36)19(3)31-22(6)32-30)13-14-25(24)26-11-9-10-12-27(26)41(37,38)34-29-18(2)21(5)40-33-29/h9-15,20,36H,8,16-17H2,1-7H3,(H,33,34). The van der Waals surface area contributed by atoms with E-state index in [0.717, 1.165) is 22.4 Å². The summed E-state index contributed by atoms with van der Waals surface area (Å²) in [6, 6.07) is 12.8. The van der Waals surface area contributed by atoms with Crippen LogP contribution in [0.1, 0.15) is 59.5 Å². The van der Waals surface area contributed by atoms with Gasteiger partial charge >= 0.3 is 0 Å². The van der Waals surface area contributed by atoms with Gasteiger partial charge < -0.3 is 19.3 Å². The Bertz CT molecular complexity index is 1650. The lowest BCUT2D eigenvalue weighted by Crippen LogP contribution is -2.22. The highest BCUT2D eigenvalue weighted by Gasteiger charge is 2.24. The van der Waals surface area contributed by atoms with Crippen molar-refractivity contribution in [3.8, 4) is 11.1 Å². The number of rotatable bonds is 11. The van der Waals surface area contributed by atoms with Gasteiger partial charge in [-0.25, -0.2) is 18.4 Å². The minimum absolute atomic E-state index is 0.121. The summed E-state index contributed by atoms with van der Waals surface area (Å²) in [7, 11) is -2.06. The van der Waals surface area contributed by atoms with E-state index in [2.05, 4.69) is 19.8 Å². The van der Waals surface area contributed by atoms with Gasteiger partial charge in [0.2, 0.25) is 0 Å². The third-order valence-corrected chi connectivity index (χ3v) is 8.31. The summed E-state index contributed by atoms with van der Waals surface area (Å²) in [5.74, 6) is 2.00. The van der Waals surface area contributed by atoms with Gasteiger partial charge in [-0.2, -0.15) is 0 Å². The van der Waals surface area contributed by atoms with E-state index in [1.165, 1.54) is 0 Å². The molecule has 0 aliphatic carbocycles. The highest BCUT2D eigenvalue weighted by molar-refractivity contribution is 7.92. The largest absolute Gasteiger partial charge is 0.388 e. The number of aliphatic hydroxyl groups excluding tert-OH is 1. The highest BCUT2D eigenvalue weighted by Crippen LogP contribution is 2.34. The van der Waals surface area contributed by atoms with Crippen molar-refractivity contribution >= 4 is 21.7 Å². The van der Waals surface area contributed by atoms with E-state index in [4.69, 9.17) is 9.26 Å². The molecule has 218 valence electrons. The lowest BCUT2D eigenvalue weighted by Gasteiger charge is -2.24. The van der Waals surface area contributed by atoms with Crippen LogP contribution in [0.3, 0.4) is 0 Å². The third-order valence-electron chi connectivity index (χ3n) is 6.91. The molecular formula is C30H37N5O5S. The average molecular weight is 580 g/mol. The molecule has 0 saturated heterocycles. The van der Waals surface area contributed by atoms with Gasteiger partial charge in [-0.05, 0) is 64.3 Å². The van der Waals surface area contributed by atoms with Crippen molar-refractivity contribution in [2.45, 2.75) is 65.7 Å².